The highest BCUT2D eigenvalue weighted by atomic mass is 16.8. The summed E-state index contributed by atoms with van der Waals surface area (Å²) in [5.74, 6) is -13.1. The maximum atomic E-state index is 13.4. The predicted molar refractivity (Wildman–Crippen MR) is 291 cm³/mol. The zero-order chi connectivity index (χ0) is 67.7. The average Bonchev–Trinajstić information content (AvgIpc) is 0.779. The number of carbonyl (C=O) groups is 13. The summed E-state index contributed by atoms with van der Waals surface area (Å²) in [4.78, 5) is 168. The van der Waals surface area contributed by atoms with Crippen LogP contribution >= 0.6 is 0 Å². The second kappa shape index (κ2) is 33.8. The van der Waals surface area contributed by atoms with E-state index in [1.807, 2.05) is 6.92 Å². The molecule has 1 aromatic rings. The summed E-state index contributed by atoms with van der Waals surface area (Å²) in [7, 11) is 0. The standard InChI is InChI=1S/C57H75NO33/c1-23-15-17-37(18-16-23)58-54-50(81-33(11)68)46(77-29(7)64)43(38(85-54)19-72-24(2)59)89-56-52(83-35(13)70)48(79-31(9)66)45(40(87-56)21-74-26(4)61)91-57-53(84-36(14)71)49(80-32(10)67)44(41(88-57)22-75-27(5)62)90-55-51(82-34(12)69)47(78-30(8)65)42(76-28(6)63)39(86-55)20-73-25(3)60/h15-18,38-58H,19-22H2,1-14H3. The van der Waals surface area contributed by atoms with Crippen LogP contribution in [0.1, 0.15) is 95.6 Å². The Kier molecular flexibility index (Phi) is 27.3. The first-order valence-corrected chi connectivity index (χ1v) is 28.2. The molecule has 20 unspecified atom stereocenters. The van der Waals surface area contributed by atoms with E-state index in [2.05, 4.69) is 5.32 Å². The lowest BCUT2D eigenvalue weighted by Crippen LogP contribution is -2.69. The van der Waals surface area contributed by atoms with Gasteiger partial charge in [0.1, 0.15) is 69.2 Å². The van der Waals surface area contributed by atoms with E-state index in [1.165, 1.54) is 0 Å². The van der Waals surface area contributed by atoms with Gasteiger partial charge in [-0.2, -0.15) is 0 Å². The van der Waals surface area contributed by atoms with Crippen molar-refractivity contribution in [3.63, 3.8) is 0 Å². The van der Waals surface area contributed by atoms with Crippen LogP contribution in [-0.4, -0.2) is 227 Å². The normalized spacial score (nSPS) is 31.0. The Morgan fingerprint density at radius 3 is 0.813 bits per heavy atom. The number of hydrogen-bond acceptors (Lipinski definition) is 34. The molecule has 91 heavy (non-hydrogen) atoms. The Labute approximate surface area is 520 Å². The highest BCUT2D eigenvalue weighted by molar-refractivity contribution is 5.71. The Bertz CT molecular complexity index is 2790. The molecule has 0 spiro atoms. The molecule has 20 atom stereocenters. The fourth-order valence-corrected chi connectivity index (χ4v) is 10.0. The lowest BCUT2D eigenvalue weighted by Gasteiger charge is -2.51. The Morgan fingerprint density at radius 2 is 0.527 bits per heavy atom. The summed E-state index contributed by atoms with van der Waals surface area (Å²) in [5.41, 5.74) is 1.28. The van der Waals surface area contributed by atoms with E-state index in [9.17, 15) is 62.3 Å². The Morgan fingerprint density at radius 1 is 0.297 bits per heavy atom. The molecule has 0 saturated carbocycles. The summed E-state index contributed by atoms with van der Waals surface area (Å²) in [5, 5.41) is 3.07. The quantitative estimate of drug-likeness (QED) is 0.100. The molecule has 4 saturated heterocycles. The number of aryl methyl sites for hydroxylation is 1. The van der Waals surface area contributed by atoms with Crippen molar-refractivity contribution in [2.24, 2.45) is 0 Å². The third kappa shape index (κ3) is 22.0. The van der Waals surface area contributed by atoms with Crippen molar-refractivity contribution in [1.29, 1.82) is 0 Å². The zero-order valence-electron chi connectivity index (χ0n) is 52.2. The third-order valence-electron chi connectivity index (χ3n) is 13.2. The third-order valence-corrected chi connectivity index (χ3v) is 13.2. The van der Waals surface area contributed by atoms with E-state index in [0.717, 1.165) is 95.6 Å². The van der Waals surface area contributed by atoms with Crippen LogP contribution in [0.3, 0.4) is 0 Å². The summed E-state index contributed by atoms with van der Waals surface area (Å²) < 4.78 is 118. The minimum Gasteiger partial charge on any atom is -0.463 e. The molecule has 4 aliphatic rings. The number of nitrogens with one attached hydrogen (secondary N) is 1. The van der Waals surface area contributed by atoms with Crippen molar-refractivity contribution in [3.8, 4) is 0 Å². The van der Waals surface area contributed by atoms with E-state index in [-0.39, 0.29) is 0 Å². The van der Waals surface area contributed by atoms with Crippen LogP contribution in [0.4, 0.5) is 5.69 Å². The maximum absolute atomic E-state index is 13.4. The van der Waals surface area contributed by atoms with Gasteiger partial charge in [0, 0.05) is 95.7 Å². The Hall–Kier alpha value is -8.15. The molecular formula is C57H75NO33. The lowest BCUT2D eigenvalue weighted by molar-refractivity contribution is -0.385. The number of carbonyl (C=O) groups excluding carboxylic acids is 13. The molecule has 4 fully saturated rings. The fourth-order valence-electron chi connectivity index (χ4n) is 10.0. The van der Waals surface area contributed by atoms with Gasteiger partial charge >= 0.3 is 77.6 Å². The molecular weight excluding hydrogens is 1230 g/mol. The smallest absolute Gasteiger partial charge is 0.303 e. The van der Waals surface area contributed by atoms with E-state index >= 15 is 0 Å². The zero-order valence-corrected chi connectivity index (χ0v) is 52.2. The number of rotatable bonds is 25. The van der Waals surface area contributed by atoms with Crippen molar-refractivity contribution < 1.29 is 157 Å². The van der Waals surface area contributed by atoms with Gasteiger partial charge in [-0.15, -0.1) is 0 Å². The van der Waals surface area contributed by atoms with Crippen molar-refractivity contribution in [3.05, 3.63) is 29.8 Å². The average molecular weight is 1300 g/mol. The molecule has 1 aromatic carbocycles. The molecule has 34 heteroatoms. The van der Waals surface area contributed by atoms with Crippen LogP contribution in [0.5, 0.6) is 0 Å². The van der Waals surface area contributed by atoms with Gasteiger partial charge in [-0.1, -0.05) is 17.7 Å². The van der Waals surface area contributed by atoms with Gasteiger partial charge < -0.3 is 100 Å². The highest BCUT2D eigenvalue weighted by Crippen LogP contribution is 2.40. The predicted octanol–water partition coefficient (Wildman–Crippen LogP) is 0.0998. The fraction of sp³-hybridized carbons (Fsp3) is 0.667. The van der Waals surface area contributed by atoms with Crippen molar-refractivity contribution >= 4 is 83.3 Å². The van der Waals surface area contributed by atoms with Crippen molar-refractivity contribution in [2.75, 3.05) is 31.7 Å². The van der Waals surface area contributed by atoms with Crippen molar-refractivity contribution in [1.82, 2.24) is 0 Å². The van der Waals surface area contributed by atoms with Gasteiger partial charge in [0.05, 0.1) is 0 Å². The molecule has 5 rings (SSSR count). The molecule has 1 N–H and O–H groups in total. The van der Waals surface area contributed by atoms with Gasteiger partial charge in [0.15, 0.2) is 80.0 Å². The molecule has 0 aliphatic carbocycles. The van der Waals surface area contributed by atoms with Crippen LogP contribution in [0.15, 0.2) is 24.3 Å². The molecule has 0 bridgehead atoms. The Balaban J connectivity index is 1.70. The molecule has 34 nitrogen and oxygen atoms in total. The molecule has 0 aromatic heterocycles. The van der Waals surface area contributed by atoms with Crippen molar-refractivity contribution in [2.45, 2.75) is 220 Å². The first-order chi connectivity index (χ1) is 42.7. The summed E-state index contributed by atoms with van der Waals surface area (Å²) in [6.07, 6.45) is -37.6. The highest BCUT2D eigenvalue weighted by Gasteiger charge is 2.62. The molecule has 0 amide bonds. The molecule has 4 heterocycles. The topological polar surface area (TPSA) is 419 Å². The first-order valence-electron chi connectivity index (χ1n) is 28.2. The van der Waals surface area contributed by atoms with Gasteiger partial charge in [-0.3, -0.25) is 62.3 Å². The van der Waals surface area contributed by atoms with Crippen LogP contribution < -0.4 is 5.32 Å². The monoisotopic (exact) mass is 1300 g/mol. The molecule has 506 valence electrons. The maximum Gasteiger partial charge on any atom is 0.303 e. The summed E-state index contributed by atoms with van der Waals surface area (Å²) >= 11 is 0. The number of hydrogen-bond donors (Lipinski definition) is 1. The second-order valence-electron chi connectivity index (χ2n) is 20.9. The molecule has 0 radical (unpaired) electrons. The number of esters is 13. The van der Waals surface area contributed by atoms with Gasteiger partial charge in [-0.05, 0) is 19.1 Å². The van der Waals surface area contributed by atoms with E-state index in [0.29, 0.717) is 5.69 Å². The number of benzene rings is 1. The van der Waals surface area contributed by atoms with Crippen LogP contribution in [0.25, 0.3) is 0 Å². The van der Waals surface area contributed by atoms with E-state index < -0.39 is 227 Å². The van der Waals surface area contributed by atoms with E-state index in [4.69, 9.17) is 94.7 Å². The molecule has 4 aliphatic heterocycles. The van der Waals surface area contributed by atoms with E-state index in [1.54, 1.807) is 24.3 Å². The van der Waals surface area contributed by atoms with Crippen LogP contribution in [-0.2, 0) is 157 Å². The summed E-state index contributed by atoms with van der Waals surface area (Å²) in [6, 6.07) is 6.81. The van der Waals surface area contributed by atoms with Gasteiger partial charge in [0.25, 0.3) is 0 Å². The van der Waals surface area contributed by atoms with Gasteiger partial charge in [0.2, 0.25) is 0 Å². The number of ether oxygens (including phenoxy) is 20. The number of anilines is 1. The lowest BCUT2D eigenvalue weighted by atomic mass is 9.94. The minimum absolute atomic E-state index is 0.411. The minimum atomic E-state index is -2.21. The second-order valence-corrected chi connectivity index (χ2v) is 20.9. The van der Waals surface area contributed by atoms with Gasteiger partial charge in [-0.25, -0.2) is 0 Å². The largest absolute Gasteiger partial charge is 0.463 e. The van der Waals surface area contributed by atoms with Crippen LogP contribution in [0.2, 0.25) is 0 Å². The van der Waals surface area contributed by atoms with Crippen LogP contribution in [0, 0.1) is 6.92 Å². The SMILES string of the molecule is CC(=O)OCC1OC(Nc2ccc(C)cc2)C(OC(C)=O)C(OC(C)=O)C1OC1OC(COC(C)=O)C(OC2OC(COC(C)=O)C(OC3OC(COC(C)=O)C(OC(C)=O)C(OC(C)=O)C3OC(C)=O)C(OC(C)=O)C2OC(C)=O)C(OC(C)=O)C1OC(C)=O. The summed E-state index contributed by atoms with van der Waals surface area (Å²) in [6.45, 7) is 11.3. The first kappa shape index (κ1) is 73.6.